The molecule has 0 saturated carbocycles. The molecule has 0 bridgehead atoms. The van der Waals surface area contributed by atoms with Crippen LogP contribution in [0.2, 0.25) is 0 Å². The van der Waals surface area contributed by atoms with Gasteiger partial charge in [0.25, 0.3) is 0 Å². The maximum Gasteiger partial charge on any atom is 0.185 e. The normalized spacial score (nSPS) is 11.2. The molecular formula is C35H53NO2. The molecular weight excluding hydrogens is 466 g/mol. The molecule has 0 aliphatic heterocycles. The first-order chi connectivity index (χ1) is 18.6. The van der Waals surface area contributed by atoms with Crippen molar-refractivity contribution in [2.24, 2.45) is 0 Å². The molecule has 3 nitrogen and oxygen atoms in total. The summed E-state index contributed by atoms with van der Waals surface area (Å²) in [4.78, 5) is 14.5. The van der Waals surface area contributed by atoms with Gasteiger partial charge in [-0.1, -0.05) is 134 Å². The first-order valence-corrected chi connectivity index (χ1v) is 15.3. The van der Waals surface area contributed by atoms with Gasteiger partial charge < -0.3 is 9.64 Å². The van der Waals surface area contributed by atoms with Crippen LogP contribution in [0.4, 0.5) is 5.69 Å². The quantitative estimate of drug-likeness (QED) is 0.0880. The predicted octanol–water partition coefficient (Wildman–Crippen LogP) is 10.3. The standard InChI is InChI=1S/C35H53NO2/c1-4-5-6-7-8-9-10-11-12-13-14-15-16-17-18-19-29-38-34-26-23-31(24-27-34)25-28-35(37)32-21-20-22-33(30-32)36(2)3/h20-28,30H,4-19,29H2,1-3H3. The topological polar surface area (TPSA) is 29.5 Å². The van der Waals surface area contributed by atoms with Gasteiger partial charge in [0.05, 0.1) is 6.61 Å². The number of unbranched alkanes of at least 4 members (excludes halogenated alkanes) is 15. The Morgan fingerprint density at radius 2 is 1.24 bits per heavy atom. The van der Waals surface area contributed by atoms with Crippen LogP contribution in [0, 0.1) is 0 Å². The summed E-state index contributed by atoms with van der Waals surface area (Å²) < 4.78 is 5.91. The van der Waals surface area contributed by atoms with Gasteiger partial charge in [-0.3, -0.25) is 4.79 Å². The highest BCUT2D eigenvalue weighted by atomic mass is 16.5. The van der Waals surface area contributed by atoms with Gasteiger partial charge in [-0.15, -0.1) is 0 Å². The van der Waals surface area contributed by atoms with Crippen molar-refractivity contribution in [3.8, 4) is 5.75 Å². The van der Waals surface area contributed by atoms with Crippen LogP contribution in [-0.4, -0.2) is 26.5 Å². The molecule has 38 heavy (non-hydrogen) atoms. The minimum Gasteiger partial charge on any atom is -0.494 e. The second-order valence-corrected chi connectivity index (χ2v) is 10.9. The molecule has 2 aromatic rings. The number of ether oxygens (including phenoxy) is 1. The number of rotatable bonds is 22. The summed E-state index contributed by atoms with van der Waals surface area (Å²) in [6, 6.07) is 15.7. The first-order valence-electron chi connectivity index (χ1n) is 15.3. The highest BCUT2D eigenvalue weighted by Crippen LogP contribution is 2.17. The third-order valence-electron chi connectivity index (χ3n) is 7.22. The number of carbonyl (C=O) groups is 1. The van der Waals surface area contributed by atoms with E-state index in [0.717, 1.165) is 30.0 Å². The number of ketones is 1. The molecule has 0 radical (unpaired) electrons. The van der Waals surface area contributed by atoms with Crippen molar-refractivity contribution in [1.29, 1.82) is 0 Å². The molecule has 0 N–H and O–H groups in total. The van der Waals surface area contributed by atoms with Gasteiger partial charge in [-0.2, -0.15) is 0 Å². The van der Waals surface area contributed by atoms with E-state index >= 15 is 0 Å². The van der Waals surface area contributed by atoms with E-state index < -0.39 is 0 Å². The van der Waals surface area contributed by atoms with E-state index in [9.17, 15) is 4.79 Å². The van der Waals surface area contributed by atoms with Crippen molar-refractivity contribution in [1.82, 2.24) is 0 Å². The Morgan fingerprint density at radius 3 is 1.76 bits per heavy atom. The van der Waals surface area contributed by atoms with Gasteiger partial charge in [-0.25, -0.2) is 0 Å². The summed E-state index contributed by atoms with van der Waals surface area (Å²) in [5, 5.41) is 0. The number of allylic oxidation sites excluding steroid dienone is 1. The Kier molecular flexibility index (Phi) is 17.0. The summed E-state index contributed by atoms with van der Waals surface area (Å²) in [6.07, 6.45) is 25.6. The lowest BCUT2D eigenvalue weighted by molar-refractivity contribution is 0.104. The van der Waals surface area contributed by atoms with Crippen LogP contribution in [-0.2, 0) is 0 Å². The van der Waals surface area contributed by atoms with Crippen molar-refractivity contribution >= 4 is 17.5 Å². The zero-order valence-corrected chi connectivity index (χ0v) is 24.6. The molecule has 0 heterocycles. The van der Waals surface area contributed by atoms with Crippen molar-refractivity contribution in [3.63, 3.8) is 0 Å². The Balaban J connectivity index is 1.47. The number of hydrogen-bond acceptors (Lipinski definition) is 3. The molecule has 0 spiro atoms. The number of anilines is 1. The molecule has 0 unspecified atom stereocenters. The summed E-state index contributed by atoms with van der Waals surface area (Å²) in [6.45, 7) is 3.06. The molecule has 0 aromatic heterocycles. The molecule has 0 aliphatic carbocycles. The Labute approximate surface area is 233 Å². The van der Waals surface area contributed by atoms with Crippen molar-refractivity contribution in [2.45, 2.75) is 110 Å². The van der Waals surface area contributed by atoms with Gasteiger partial charge in [-0.05, 0) is 42.3 Å². The maximum atomic E-state index is 12.5. The van der Waals surface area contributed by atoms with Gasteiger partial charge in [0.1, 0.15) is 5.75 Å². The second-order valence-electron chi connectivity index (χ2n) is 10.9. The Bertz CT molecular complexity index is 900. The van der Waals surface area contributed by atoms with E-state index in [4.69, 9.17) is 4.74 Å². The number of hydrogen-bond donors (Lipinski definition) is 0. The lowest BCUT2D eigenvalue weighted by Gasteiger charge is -2.12. The van der Waals surface area contributed by atoms with E-state index in [-0.39, 0.29) is 5.78 Å². The molecule has 2 aromatic carbocycles. The Hall–Kier alpha value is -2.55. The van der Waals surface area contributed by atoms with E-state index in [1.54, 1.807) is 6.08 Å². The van der Waals surface area contributed by atoms with E-state index in [0.29, 0.717) is 5.56 Å². The molecule has 0 amide bonds. The minimum atomic E-state index is 0.0116. The molecule has 0 aliphatic rings. The monoisotopic (exact) mass is 519 g/mol. The number of nitrogens with zero attached hydrogens (tertiary/aromatic N) is 1. The fraction of sp³-hybridized carbons (Fsp3) is 0.571. The predicted molar refractivity (Wildman–Crippen MR) is 166 cm³/mol. The van der Waals surface area contributed by atoms with Crippen molar-refractivity contribution < 1.29 is 9.53 Å². The maximum absolute atomic E-state index is 12.5. The third kappa shape index (κ3) is 14.4. The lowest BCUT2D eigenvalue weighted by atomic mass is 10.0. The van der Waals surface area contributed by atoms with Crippen molar-refractivity contribution in [2.75, 3.05) is 25.6 Å². The molecule has 0 fully saturated rings. The highest BCUT2D eigenvalue weighted by molar-refractivity contribution is 6.07. The van der Waals surface area contributed by atoms with Gasteiger partial charge >= 0.3 is 0 Å². The first kappa shape index (κ1) is 31.7. The van der Waals surface area contributed by atoms with Crippen LogP contribution in [0.1, 0.15) is 126 Å². The summed E-state index contributed by atoms with van der Waals surface area (Å²) in [5.74, 6) is 0.908. The fourth-order valence-corrected chi connectivity index (χ4v) is 4.72. The van der Waals surface area contributed by atoms with Crippen LogP contribution < -0.4 is 9.64 Å². The van der Waals surface area contributed by atoms with Gasteiger partial charge in [0, 0.05) is 25.3 Å². The minimum absolute atomic E-state index is 0.0116. The summed E-state index contributed by atoms with van der Waals surface area (Å²) >= 11 is 0. The molecule has 210 valence electrons. The zero-order chi connectivity index (χ0) is 27.3. The fourth-order valence-electron chi connectivity index (χ4n) is 4.72. The smallest absolute Gasteiger partial charge is 0.185 e. The average Bonchev–Trinajstić information content (AvgIpc) is 2.94. The average molecular weight is 520 g/mol. The van der Waals surface area contributed by atoms with Crippen LogP contribution in [0.25, 0.3) is 6.08 Å². The zero-order valence-electron chi connectivity index (χ0n) is 24.6. The van der Waals surface area contributed by atoms with E-state index in [2.05, 4.69) is 6.92 Å². The largest absolute Gasteiger partial charge is 0.494 e. The molecule has 2 rings (SSSR count). The van der Waals surface area contributed by atoms with Crippen LogP contribution in [0.15, 0.2) is 54.6 Å². The van der Waals surface area contributed by atoms with Gasteiger partial charge in [0.2, 0.25) is 0 Å². The molecule has 0 atom stereocenters. The van der Waals surface area contributed by atoms with Crippen LogP contribution in [0.3, 0.4) is 0 Å². The summed E-state index contributed by atoms with van der Waals surface area (Å²) in [7, 11) is 3.95. The number of benzene rings is 2. The second kappa shape index (κ2) is 20.4. The molecule has 0 saturated heterocycles. The van der Waals surface area contributed by atoms with Crippen LogP contribution in [0.5, 0.6) is 5.75 Å². The van der Waals surface area contributed by atoms with Crippen molar-refractivity contribution in [3.05, 3.63) is 65.7 Å². The lowest BCUT2D eigenvalue weighted by Crippen LogP contribution is -2.09. The number of carbonyl (C=O) groups excluding carboxylic acids is 1. The van der Waals surface area contributed by atoms with E-state index in [1.165, 1.54) is 96.3 Å². The SMILES string of the molecule is CCCCCCCCCCCCCCCCCCOc1ccc(C=CC(=O)c2cccc(N(C)C)c2)cc1. The third-order valence-corrected chi connectivity index (χ3v) is 7.22. The van der Waals surface area contributed by atoms with Gasteiger partial charge in [0.15, 0.2) is 5.78 Å². The Morgan fingerprint density at radius 1 is 0.711 bits per heavy atom. The summed E-state index contributed by atoms with van der Waals surface area (Å²) in [5.41, 5.74) is 2.72. The van der Waals surface area contributed by atoms with E-state index in [1.807, 2.05) is 73.6 Å². The molecule has 3 heteroatoms. The highest BCUT2D eigenvalue weighted by Gasteiger charge is 2.04. The van der Waals surface area contributed by atoms with Crippen LogP contribution >= 0.6 is 0 Å².